The maximum Gasteiger partial charge on any atom is 0.387 e. The summed E-state index contributed by atoms with van der Waals surface area (Å²) < 4.78 is 29.4. The first-order chi connectivity index (χ1) is 12.1. The summed E-state index contributed by atoms with van der Waals surface area (Å²) in [7, 11) is 0. The largest absolute Gasteiger partial charge is 0.434 e. The Balaban J connectivity index is 1.65. The highest BCUT2D eigenvalue weighted by Crippen LogP contribution is 2.22. The zero-order valence-corrected chi connectivity index (χ0v) is 13.3. The lowest BCUT2D eigenvalue weighted by Gasteiger charge is -2.34. The van der Waals surface area contributed by atoms with Gasteiger partial charge in [-0.2, -0.15) is 8.78 Å². The minimum atomic E-state index is -3.00. The molecule has 0 unspecified atom stereocenters. The van der Waals surface area contributed by atoms with Gasteiger partial charge < -0.3 is 19.5 Å². The van der Waals surface area contributed by atoms with E-state index in [1.165, 1.54) is 23.1 Å². The first kappa shape index (κ1) is 16.9. The van der Waals surface area contributed by atoms with Gasteiger partial charge in [-0.15, -0.1) is 0 Å². The maximum absolute atomic E-state index is 12.6. The van der Waals surface area contributed by atoms with Crippen LogP contribution < -0.4 is 4.74 Å². The van der Waals surface area contributed by atoms with Crippen molar-refractivity contribution in [2.45, 2.75) is 6.61 Å². The summed E-state index contributed by atoms with van der Waals surface area (Å²) in [6.45, 7) is -1.57. The van der Waals surface area contributed by atoms with Gasteiger partial charge in [0.2, 0.25) is 0 Å². The smallest absolute Gasteiger partial charge is 0.387 e. The summed E-state index contributed by atoms with van der Waals surface area (Å²) in [5.41, 5.74) is 0.656. The van der Waals surface area contributed by atoms with Crippen molar-refractivity contribution in [1.29, 1.82) is 0 Å². The second-order valence-electron chi connectivity index (χ2n) is 5.56. The van der Waals surface area contributed by atoms with Crippen molar-refractivity contribution in [2.24, 2.45) is 0 Å². The molecule has 1 aromatic heterocycles. The van der Waals surface area contributed by atoms with Gasteiger partial charge in [-0.25, -0.2) is 0 Å². The molecule has 8 heteroatoms. The lowest BCUT2D eigenvalue weighted by Crippen LogP contribution is -2.50. The second-order valence-corrected chi connectivity index (χ2v) is 5.56. The first-order valence-electron chi connectivity index (χ1n) is 7.81. The number of aromatic amines is 1. The van der Waals surface area contributed by atoms with Crippen LogP contribution in [0.4, 0.5) is 8.78 Å². The number of amides is 2. The molecule has 1 aliphatic heterocycles. The fourth-order valence-corrected chi connectivity index (χ4v) is 2.76. The van der Waals surface area contributed by atoms with E-state index in [1.54, 1.807) is 29.4 Å². The number of hydrogen-bond donors (Lipinski definition) is 1. The minimum absolute atomic E-state index is 0.0909. The number of carbonyl (C=O) groups excluding carboxylic acids is 2. The molecule has 0 aliphatic carbocycles. The highest BCUT2D eigenvalue weighted by molar-refractivity contribution is 5.97. The number of piperazine rings is 1. The van der Waals surface area contributed by atoms with Crippen LogP contribution in [-0.2, 0) is 0 Å². The molecule has 0 radical (unpaired) electrons. The molecule has 1 aromatic carbocycles. The number of carbonyl (C=O) groups is 2. The molecule has 2 heterocycles. The number of rotatable bonds is 4. The molecule has 2 amide bonds. The van der Waals surface area contributed by atoms with Gasteiger partial charge in [0.1, 0.15) is 5.75 Å². The lowest BCUT2D eigenvalue weighted by atomic mass is 10.1. The molecule has 0 spiro atoms. The van der Waals surface area contributed by atoms with Gasteiger partial charge in [-0.1, -0.05) is 12.1 Å². The summed E-state index contributed by atoms with van der Waals surface area (Å²) in [6, 6.07) is 7.61. The number of benzene rings is 1. The molecule has 6 nitrogen and oxygen atoms in total. The van der Waals surface area contributed by atoms with Crippen molar-refractivity contribution in [2.75, 3.05) is 26.2 Å². The Morgan fingerprint density at radius 3 is 2.24 bits per heavy atom. The van der Waals surface area contributed by atoms with E-state index in [2.05, 4.69) is 9.72 Å². The normalized spacial score (nSPS) is 14.7. The molecular formula is C17H17F2N3O3. The average Bonchev–Trinajstić information content (AvgIpc) is 3.15. The van der Waals surface area contributed by atoms with Crippen LogP contribution in [0.5, 0.6) is 5.75 Å². The van der Waals surface area contributed by atoms with Crippen LogP contribution in [0.2, 0.25) is 0 Å². The van der Waals surface area contributed by atoms with Crippen molar-refractivity contribution < 1.29 is 23.1 Å². The molecule has 25 heavy (non-hydrogen) atoms. The van der Waals surface area contributed by atoms with Crippen molar-refractivity contribution in [3.05, 3.63) is 53.9 Å². The first-order valence-corrected chi connectivity index (χ1v) is 7.81. The number of ether oxygens (including phenoxy) is 1. The summed E-state index contributed by atoms with van der Waals surface area (Å²) >= 11 is 0. The standard InChI is InChI=1S/C17H17F2N3O3/c18-17(19)25-14-4-2-1-3-13(14)16(24)22-9-7-21(8-10-22)15(23)12-5-6-20-11-12/h1-6,11,17,20H,7-10H2. The van der Waals surface area contributed by atoms with Gasteiger partial charge in [-0.3, -0.25) is 9.59 Å². The molecule has 0 bridgehead atoms. The van der Waals surface area contributed by atoms with Crippen LogP contribution >= 0.6 is 0 Å². The number of nitrogens with zero attached hydrogens (tertiary/aromatic N) is 2. The van der Waals surface area contributed by atoms with Crippen LogP contribution in [0, 0.1) is 0 Å². The number of alkyl halides is 2. The number of para-hydroxylation sites is 1. The fourth-order valence-electron chi connectivity index (χ4n) is 2.76. The molecule has 1 fully saturated rings. The monoisotopic (exact) mass is 349 g/mol. The minimum Gasteiger partial charge on any atom is -0.434 e. The Bertz CT molecular complexity index is 741. The Hall–Kier alpha value is -2.90. The van der Waals surface area contributed by atoms with Crippen molar-refractivity contribution in [3.63, 3.8) is 0 Å². The Labute approximate surface area is 143 Å². The van der Waals surface area contributed by atoms with Crippen LogP contribution in [0.25, 0.3) is 0 Å². The van der Waals surface area contributed by atoms with Crippen molar-refractivity contribution in [3.8, 4) is 5.75 Å². The number of H-pyrrole nitrogens is 1. The molecule has 1 aliphatic rings. The molecule has 0 saturated carbocycles. The number of halogens is 2. The number of nitrogens with one attached hydrogen (secondary N) is 1. The van der Waals surface area contributed by atoms with Gasteiger partial charge in [0.25, 0.3) is 11.8 Å². The highest BCUT2D eigenvalue weighted by atomic mass is 19.3. The second kappa shape index (κ2) is 7.33. The zero-order valence-electron chi connectivity index (χ0n) is 13.3. The maximum atomic E-state index is 12.6. The predicted molar refractivity (Wildman–Crippen MR) is 85.7 cm³/mol. The summed E-state index contributed by atoms with van der Waals surface area (Å²) in [5.74, 6) is -0.631. The van der Waals surface area contributed by atoms with Gasteiger partial charge in [0.05, 0.1) is 11.1 Å². The van der Waals surface area contributed by atoms with E-state index in [-0.39, 0.29) is 23.1 Å². The third-order valence-electron chi connectivity index (χ3n) is 4.03. The van der Waals surface area contributed by atoms with Crippen LogP contribution in [0.1, 0.15) is 20.7 Å². The topological polar surface area (TPSA) is 65.6 Å². The SMILES string of the molecule is O=C(c1cc[nH]c1)N1CCN(C(=O)c2ccccc2OC(F)F)CC1. The van der Waals surface area contributed by atoms with Crippen molar-refractivity contribution >= 4 is 11.8 Å². The zero-order chi connectivity index (χ0) is 17.8. The van der Waals surface area contributed by atoms with E-state index in [0.29, 0.717) is 31.7 Å². The lowest BCUT2D eigenvalue weighted by molar-refractivity contribution is -0.0503. The van der Waals surface area contributed by atoms with E-state index in [0.717, 1.165) is 0 Å². The molecule has 3 rings (SSSR count). The van der Waals surface area contributed by atoms with Gasteiger partial charge in [0, 0.05) is 38.6 Å². The average molecular weight is 349 g/mol. The van der Waals surface area contributed by atoms with Crippen molar-refractivity contribution in [1.82, 2.24) is 14.8 Å². The Kier molecular flexibility index (Phi) is 4.97. The van der Waals surface area contributed by atoms with E-state index in [1.807, 2.05) is 0 Å². The van der Waals surface area contributed by atoms with Gasteiger partial charge in [0.15, 0.2) is 0 Å². The van der Waals surface area contributed by atoms with E-state index < -0.39 is 6.61 Å². The predicted octanol–water partition coefficient (Wildman–Crippen LogP) is 2.21. The van der Waals surface area contributed by atoms with E-state index in [9.17, 15) is 18.4 Å². The quantitative estimate of drug-likeness (QED) is 0.920. The van der Waals surface area contributed by atoms with Gasteiger partial charge >= 0.3 is 6.61 Å². The summed E-state index contributed by atoms with van der Waals surface area (Å²) in [5, 5.41) is 0. The van der Waals surface area contributed by atoms with E-state index in [4.69, 9.17) is 0 Å². The molecule has 2 aromatic rings. The molecular weight excluding hydrogens is 332 g/mol. The Morgan fingerprint density at radius 2 is 1.64 bits per heavy atom. The molecule has 1 N–H and O–H groups in total. The van der Waals surface area contributed by atoms with Crippen LogP contribution in [0.15, 0.2) is 42.7 Å². The fraction of sp³-hybridized carbons (Fsp3) is 0.294. The number of aromatic nitrogens is 1. The molecule has 1 saturated heterocycles. The molecule has 0 atom stereocenters. The number of hydrogen-bond acceptors (Lipinski definition) is 3. The molecule has 132 valence electrons. The third-order valence-corrected chi connectivity index (χ3v) is 4.03. The Morgan fingerprint density at radius 1 is 1.00 bits per heavy atom. The van der Waals surface area contributed by atoms with E-state index >= 15 is 0 Å². The van der Waals surface area contributed by atoms with Crippen LogP contribution in [-0.4, -0.2) is 59.4 Å². The summed E-state index contributed by atoms with van der Waals surface area (Å²) in [6.07, 6.45) is 3.30. The summed E-state index contributed by atoms with van der Waals surface area (Å²) in [4.78, 5) is 30.9. The third kappa shape index (κ3) is 3.78. The van der Waals surface area contributed by atoms with Gasteiger partial charge in [-0.05, 0) is 18.2 Å². The van der Waals surface area contributed by atoms with Crippen LogP contribution in [0.3, 0.4) is 0 Å². The highest BCUT2D eigenvalue weighted by Gasteiger charge is 2.27.